The Hall–Kier alpha value is -1.56. The zero-order valence-electron chi connectivity index (χ0n) is 12.8. The summed E-state index contributed by atoms with van der Waals surface area (Å²) in [7, 11) is 0. The van der Waals surface area contributed by atoms with Crippen LogP contribution in [-0.2, 0) is 15.7 Å². The van der Waals surface area contributed by atoms with Gasteiger partial charge in [-0.05, 0) is 43.4 Å². The molecule has 0 radical (unpaired) electrons. The lowest BCUT2D eigenvalue weighted by molar-refractivity contribution is -0.140. The van der Waals surface area contributed by atoms with Crippen molar-refractivity contribution in [2.24, 2.45) is 5.92 Å². The summed E-state index contributed by atoms with van der Waals surface area (Å²) in [5.41, 5.74) is 0.129. The number of hydrogen-bond acceptors (Lipinski definition) is 2. The van der Waals surface area contributed by atoms with E-state index in [0.717, 1.165) is 43.4 Å². The van der Waals surface area contributed by atoms with E-state index < -0.39 is 11.7 Å². The van der Waals surface area contributed by atoms with Crippen molar-refractivity contribution < 1.29 is 22.7 Å². The van der Waals surface area contributed by atoms with E-state index in [1.165, 1.54) is 12.1 Å². The number of alkyl halides is 3. The van der Waals surface area contributed by atoms with Crippen molar-refractivity contribution >= 4 is 5.91 Å². The molecule has 126 valence electrons. The van der Waals surface area contributed by atoms with Crippen molar-refractivity contribution in [3.63, 3.8) is 0 Å². The fourth-order valence-corrected chi connectivity index (χ4v) is 3.40. The Bertz CT molecular complexity index is 550. The Morgan fingerprint density at radius 2 is 1.87 bits per heavy atom. The van der Waals surface area contributed by atoms with Crippen LogP contribution in [0.5, 0.6) is 0 Å². The number of piperidine rings is 1. The molecule has 0 spiro atoms. The number of ether oxygens (including phenoxy) is 1. The number of carbonyl (C=O) groups excluding carboxylic acids is 1. The highest BCUT2D eigenvalue weighted by atomic mass is 19.4. The quantitative estimate of drug-likeness (QED) is 0.827. The topological polar surface area (TPSA) is 29.5 Å². The van der Waals surface area contributed by atoms with Gasteiger partial charge in [0.15, 0.2) is 0 Å². The molecule has 1 aromatic rings. The van der Waals surface area contributed by atoms with Crippen LogP contribution < -0.4 is 0 Å². The maximum atomic E-state index is 12.7. The van der Waals surface area contributed by atoms with Gasteiger partial charge < -0.3 is 9.64 Å². The average Bonchev–Trinajstić information content (AvgIpc) is 3.08. The van der Waals surface area contributed by atoms with Crippen molar-refractivity contribution in [1.82, 2.24) is 4.90 Å². The smallest absolute Gasteiger partial charge is 0.381 e. The Morgan fingerprint density at radius 3 is 2.48 bits per heavy atom. The molecule has 0 aliphatic carbocycles. The second-order valence-electron chi connectivity index (χ2n) is 6.22. The number of amides is 1. The van der Waals surface area contributed by atoms with Crippen LogP contribution >= 0.6 is 0 Å². The van der Waals surface area contributed by atoms with Gasteiger partial charge in [0.2, 0.25) is 5.91 Å². The standard InChI is InChI=1S/C17H20F3NO2/c18-17(19,20)14-6-4-12(5-7-14)15-3-1-2-9-21(15)16(22)13-8-10-23-11-13/h4-7,13,15H,1-3,8-11H2/t13-,15-/m1/s1. The zero-order valence-corrected chi connectivity index (χ0v) is 12.8. The minimum absolute atomic E-state index is 0.0760. The second kappa shape index (κ2) is 6.51. The average molecular weight is 327 g/mol. The molecular formula is C17H20F3NO2. The van der Waals surface area contributed by atoms with E-state index >= 15 is 0 Å². The summed E-state index contributed by atoms with van der Waals surface area (Å²) in [6, 6.07) is 5.09. The molecule has 3 rings (SSSR count). The van der Waals surface area contributed by atoms with Gasteiger partial charge >= 0.3 is 6.18 Å². The van der Waals surface area contributed by atoms with Crippen LogP contribution in [0, 0.1) is 5.92 Å². The normalized spacial score (nSPS) is 25.6. The lowest BCUT2D eigenvalue weighted by atomic mass is 9.92. The summed E-state index contributed by atoms with van der Waals surface area (Å²) in [4.78, 5) is 14.5. The first kappa shape index (κ1) is 16.3. The van der Waals surface area contributed by atoms with Gasteiger partial charge in [-0.3, -0.25) is 4.79 Å². The van der Waals surface area contributed by atoms with Gasteiger partial charge in [-0.25, -0.2) is 0 Å². The highest BCUT2D eigenvalue weighted by molar-refractivity contribution is 5.79. The van der Waals surface area contributed by atoms with Gasteiger partial charge in [0.1, 0.15) is 0 Å². The van der Waals surface area contributed by atoms with Gasteiger partial charge in [-0.1, -0.05) is 12.1 Å². The maximum absolute atomic E-state index is 12.7. The monoisotopic (exact) mass is 327 g/mol. The fourth-order valence-electron chi connectivity index (χ4n) is 3.40. The van der Waals surface area contributed by atoms with Crippen LogP contribution in [0.25, 0.3) is 0 Å². The number of rotatable bonds is 2. The molecule has 0 aromatic heterocycles. The molecular weight excluding hydrogens is 307 g/mol. The summed E-state index contributed by atoms with van der Waals surface area (Å²) in [5.74, 6) is -0.0304. The number of carbonyl (C=O) groups is 1. The maximum Gasteiger partial charge on any atom is 0.416 e. The molecule has 2 aliphatic heterocycles. The number of halogens is 3. The molecule has 1 aromatic carbocycles. The minimum Gasteiger partial charge on any atom is -0.381 e. The van der Waals surface area contributed by atoms with Crippen LogP contribution in [-0.4, -0.2) is 30.6 Å². The molecule has 23 heavy (non-hydrogen) atoms. The molecule has 2 atom stereocenters. The van der Waals surface area contributed by atoms with Crippen molar-refractivity contribution in [1.29, 1.82) is 0 Å². The largest absolute Gasteiger partial charge is 0.416 e. The SMILES string of the molecule is O=C([C@@H]1CCOC1)N1CCCC[C@@H]1c1ccc(C(F)(F)F)cc1. The number of hydrogen-bond donors (Lipinski definition) is 0. The van der Waals surface area contributed by atoms with Gasteiger partial charge in [0, 0.05) is 13.2 Å². The Morgan fingerprint density at radius 1 is 1.13 bits per heavy atom. The minimum atomic E-state index is -4.33. The summed E-state index contributed by atoms with van der Waals surface area (Å²) >= 11 is 0. The van der Waals surface area contributed by atoms with E-state index in [2.05, 4.69) is 0 Å². The van der Waals surface area contributed by atoms with Crippen LogP contribution in [0.1, 0.15) is 42.9 Å². The van der Waals surface area contributed by atoms with Crippen LogP contribution in [0.15, 0.2) is 24.3 Å². The molecule has 0 bridgehead atoms. The first-order chi connectivity index (χ1) is 11.0. The van der Waals surface area contributed by atoms with Gasteiger partial charge in [-0.2, -0.15) is 13.2 Å². The first-order valence-corrected chi connectivity index (χ1v) is 8.02. The fraction of sp³-hybridized carbons (Fsp3) is 0.588. The second-order valence-corrected chi connectivity index (χ2v) is 6.22. The molecule has 0 saturated carbocycles. The summed E-state index contributed by atoms with van der Waals surface area (Å²) < 4.78 is 43.4. The predicted molar refractivity (Wildman–Crippen MR) is 78.7 cm³/mol. The third kappa shape index (κ3) is 3.52. The highest BCUT2D eigenvalue weighted by Gasteiger charge is 2.35. The van der Waals surface area contributed by atoms with E-state index in [1.807, 2.05) is 4.90 Å². The summed E-state index contributed by atoms with van der Waals surface area (Å²) in [6.07, 6.45) is -0.880. The third-order valence-corrected chi connectivity index (χ3v) is 4.69. The van der Waals surface area contributed by atoms with E-state index in [9.17, 15) is 18.0 Å². The Balaban J connectivity index is 1.79. The van der Waals surface area contributed by atoms with Crippen LogP contribution in [0.4, 0.5) is 13.2 Å². The molecule has 1 amide bonds. The van der Waals surface area contributed by atoms with Crippen molar-refractivity contribution in [3.05, 3.63) is 35.4 Å². The van der Waals surface area contributed by atoms with Crippen LogP contribution in [0.2, 0.25) is 0 Å². The molecule has 0 unspecified atom stereocenters. The van der Waals surface area contributed by atoms with Crippen molar-refractivity contribution in [3.8, 4) is 0 Å². The molecule has 2 saturated heterocycles. The zero-order chi connectivity index (χ0) is 16.4. The molecule has 6 heteroatoms. The van der Waals surface area contributed by atoms with Gasteiger partial charge in [0.05, 0.1) is 24.1 Å². The van der Waals surface area contributed by atoms with Gasteiger partial charge in [-0.15, -0.1) is 0 Å². The third-order valence-electron chi connectivity index (χ3n) is 4.69. The summed E-state index contributed by atoms with van der Waals surface area (Å²) in [6.45, 7) is 1.73. The summed E-state index contributed by atoms with van der Waals surface area (Å²) in [5, 5.41) is 0. The lowest BCUT2D eigenvalue weighted by Gasteiger charge is -2.37. The lowest BCUT2D eigenvalue weighted by Crippen LogP contribution is -2.42. The number of nitrogens with zero attached hydrogens (tertiary/aromatic N) is 1. The molecule has 3 nitrogen and oxygen atoms in total. The number of benzene rings is 1. The van der Waals surface area contributed by atoms with E-state index in [-0.39, 0.29) is 17.9 Å². The van der Waals surface area contributed by atoms with E-state index in [1.54, 1.807) is 0 Å². The molecule has 2 fully saturated rings. The van der Waals surface area contributed by atoms with Gasteiger partial charge in [0.25, 0.3) is 0 Å². The van der Waals surface area contributed by atoms with E-state index in [4.69, 9.17) is 4.74 Å². The van der Waals surface area contributed by atoms with Crippen LogP contribution in [0.3, 0.4) is 0 Å². The van der Waals surface area contributed by atoms with E-state index in [0.29, 0.717) is 19.8 Å². The molecule has 2 heterocycles. The number of likely N-dealkylation sites (tertiary alicyclic amines) is 1. The van der Waals surface area contributed by atoms with Crippen molar-refractivity contribution in [2.75, 3.05) is 19.8 Å². The first-order valence-electron chi connectivity index (χ1n) is 8.02. The molecule has 0 N–H and O–H groups in total. The van der Waals surface area contributed by atoms with Crippen molar-refractivity contribution in [2.45, 2.75) is 37.9 Å². The Labute approximate surface area is 133 Å². The highest BCUT2D eigenvalue weighted by Crippen LogP contribution is 2.35. The Kier molecular flexibility index (Phi) is 4.62. The predicted octanol–water partition coefficient (Wildman–Crippen LogP) is 3.80. The molecule has 2 aliphatic rings.